The molecule has 0 saturated carbocycles. The van der Waals surface area contributed by atoms with Gasteiger partial charge in [-0.25, -0.2) is 9.59 Å². The van der Waals surface area contributed by atoms with Gasteiger partial charge in [0.15, 0.2) is 0 Å². The molecule has 0 radical (unpaired) electrons. The van der Waals surface area contributed by atoms with Crippen molar-refractivity contribution in [2.24, 2.45) is 0 Å². The average molecular weight is 260 g/mol. The van der Waals surface area contributed by atoms with E-state index in [0.717, 1.165) is 0 Å². The normalized spacial score (nSPS) is 20.8. The number of aliphatic hydroxyl groups is 1. The smallest absolute Gasteiger partial charge is 0.410 e. The van der Waals surface area contributed by atoms with E-state index in [1.807, 2.05) is 0 Å². The molecule has 1 aliphatic rings. The third kappa shape index (κ3) is 3.76. The third-order valence-corrected chi connectivity index (χ3v) is 2.59. The van der Waals surface area contributed by atoms with Crippen molar-refractivity contribution >= 4 is 12.2 Å². The van der Waals surface area contributed by atoms with Gasteiger partial charge in [0.1, 0.15) is 5.60 Å². The molecular weight excluding hydrogens is 240 g/mol. The van der Waals surface area contributed by atoms with Crippen LogP contribution >= 0.6 is 0 Å². The molecule has 0 aromatic carbocycles. The Labute approximate surface area is 106 Å². The Hall–Kier alpha value is -1.50. The summed E-state index contributed by atoms with van der Waals surface area (Å²) in [5.74, 6) is 0. The van der Waals surface area contributed by atoms with Gasteiger partial charge in [0.2, 0.25) is 0 Å². The minimum Gasteiger partial charge on any atom is -0.465 e. The van der Waals surface area contributed by atoms with Crippen molar-refractivity contribution in [1.29, 1.82) is 0 Å². The van der Waals surface area contributed by atoms with Gasteiger partial charge in [0.05, 0.1) is 12.6 Å². The second-order valence-corrected chi connectivity index (χ2v) is 5.24. The molecule has 2 N–H and O–H groups in total. The van der Waals surface area contributed by atoms with Crippen LogP contribution in [-0.2, 0) is 4.74 Å². The van der Waals surface area contributed by atoms with Gasteiger partial charge < -0.3 is 19.8 Å². The average Bonchev–Trinajstić information content (AvgIpc) is 2.25. The largest absolute Gasteiger partial charge is 0.465 e. The molecule has 1 fully saturated rings. The molecule has 0 aliphatic carbocycles. The lowest BCUT2D eigenvalue weighted by atomic mass is 10.2. The number of amides is 2. The highest BCUT2D eigenvalue weighted by Crippen LogP contribution is 2.15. The molecule has 0 aromatic heterocycles. The second-order valence-electron chi connectivity index (χ2n) is 5.24. The Morgan fingerprint density at radius 1 is 1.33 bits per heavy atom. The monoisotopic (exact) mass is 260 g/mol. The summed E-state index contributed by atoms with van der Waals surface area (Å²) in [6.07, 6.45) is -1.57. The van der Waals surface area contributed by atoms with Gasteiger partial charge in [0.25, 0.3) is 0 Å². The van der Waals surface area contributed by atoms with Crippen LogP contribution in [0.25, 0.3) is 0 Å². The van der Waals surface area contributed by atoms with Gasteiger partial charge in [-0.1, -0.05) is 0 Å². The van der Waals surface area contributed by atoms with Gasteiger partial charge >= 0.3 is 12.2 Å². The van der Waals surface area contributed by atoms with E-state index in [1.54, 1.807) is 20.8 Å². The molecule has 0 spiro atoms. The van der Waals surface area contributed by atoms with Crippen LogP contribution in [-0.4, -0.2) is 70.1 Å². The molecule has 0 bridgehead atoms. The first-order chi connectivity index (χ1) is 8.24. The van der Waals surface area contributed by atoms with Crippen LogP contribution in [0.4, 0.5) is 9.59 Å². The fourth-order valence-corrected chi connectivity index (χ4v) is 1.75. The molecule has 7 heteroatoms. The van der Waals surface area contributed by atoms with Crippen LogP contribution in [0.2, 0.25) is 0 Å². The minimum atomic E-state index is -1.04. The predicted octanol–water partition coefficient (Wildman–Crippen LogP) is 0.578. The molecule has 7 nitrogen and oxygen atoms in total. The van der Waals surface area contributed by atoms with Crippen molar-refractivity contribution < 1.29 is 24.5 Å². The summed E-state index contributed by atoms with van der Waals surface area (Å²) in [5.41, 5.74) is -0.610. The molecule has 1 saturated heterocycles. The Bertz CT molecular complexity index is 326. The summed E-state index contributed by atoms with van der Waals surface area (Å²) in [7, 11) is 0. The molecule has 104 valence electrons. The fraction of sp³-hybridized carbons (Fsp3) is 0.818. The summed E-state index contributed by atoms with van der Waals surface area (Å²) in [4.78, 5) is 25.3. The maximum atomic E-state index is 11.9. The number of aliphatic hydroxyl groups excluding tert-OH is 1. The van der Waals surface area contributed by atoms with E-state index in [2.05, 4.69) is 0 Å². The summed E-state index contributed by atoms with van der Waals surface area (Å²) in [6.45, 7) is 5.54. The topological polar surface area (TPSA) is 90.3 Å². The minimum absolute atomic E-state index is 0.102. The van der Waals surface area contributed by atoms with Gasteiger partial charge in [0, 0.05) is 19.6 Å². The first kappa shape index (κ1) is 14.6. The summed E-state index contributed by atoms with van der Waals surface area (Å²) < 4.78 is 5.21. The number of piperazine rings is 1. The van der Waals surface area contributed by atoms with Crippen LogP contribution in [0.15, 0.2) is 0 Å². The van der Waals surface area contributed by atoms with E-state index >= 15 is 0 Å². The number of carboxylic acid groups (broad SMARTS) is 1. The number of nitrogens with zero attached hydrogens (tertiary/aromatic N) is 2. The highest BCUT2D eigenvalue weighted by Gasteiger charge is 2.34. The van der Waals surface area contributed by atoms with Crippen LogP contribution in [0.5, 0.6) is 0 Å². The lowest BCUT2D eigenvalue weighted by molar-refractivity contribution is -0.00958. The van der Waals surface area contributed by atoms with E-state index in [0.29, 0.717) is 0 Å². The zero-order valence-electron chi connectivity index (χ0n) is 10.9. The number of rotatable bonds is 1. The molecule has 1 heterocycles. The van der Waals surface area contributed by atoms with Crippen molar-refractivity contribution in [1.82, 2.24) is 9.80 Å². The first-order valence-electron chi connectivity index (χ1n) is 5.83. The number of ether oxygens (including phenoxy) is 1. The van der Waals surface area contributed by atoms with Crippen molar-refractivity contribution in [2.45, 2.75) is 32.4 Å². The van der Waals surface area contributed by atoms with E-state index in [-0.39, 0.29) is 26.2 Å². The molecule has 0 aromatic rings. The van der Waals surface area contributed by atoms with Crippen LogP contribution in [0, 0.1) is 0 Å². The number of hydrogen-bond acceptors (Lipinski definition) is 4. The quantitative estimate of drug-likeness (QED) is 0.719. The number of hydrogen-bond donors (Lipinski definition) is 2. The van der Waals surface area contributed by atoms with Gasteiger partial charge in [-0.2, -0.15) is 0 Å². The Morgan fingerprint density at radius 2 is 1.94 bits per heavy atom. The zero-order chi connectivity index (χ0) is 13.9. The lowest BCUT2D eigenvalue weighted by Crippen LogP contribution is -2.58. The van der Waals surface area contributed by atoms with Crippen LogP contribution in [0.1, 0.15) is 20.8 Å². The molecule has 0 unspecified atom stereocenters. The maximum Gasteiger partial charge on any atom is 0.410 e. The Balaban J connectivity index is 2.67. The van der Waals surface area contributed by atoms with Crippen molar-refractivity contribution in [3.8, 4) is 0 Å². The lowest BCUT2D eigenvalue weighted by Gasteiger charge is -2.39. The predicted molar refractivity (Wildman–Crippen MR) is 63.4 cm³/mol. The van der Waals surface area contributed by atoms with E-state index in [1.165, 1.54) is 9.80 Å². The first-order valence-corrected chi connectivity index (χ1v) is 5.83. The maximum absolute atomic E-state index is 11.9. The van der Waals surface area contributed by atoms with Gasteiger partial charge in [-0.3, -0.25) is 4.90 Å². The number of carbonyl (C=O) groups excluding carboxylic acids is 1. The molecular formula is C11H20N2O5. The standard InChI is InChI=1S/C11H20N2O5/c1-11(2,3)18-10(17)13-5-4-12(9(15)16)6-8(13)7-14/h8,14H,4-7H2,1-3H3,(H,15,16)/t8-/m0/s1. The van der Waals surface area contributed by atoms with Crippen molar-refractivity contribution in [3.05, 3.63) is 0 Å². The molecule has 18 heavy (non-hydrogen) atoms. The summed E-state index contributed by atoms with van der Waals surface area (Å²) in [5, 5.41) is 18.1. The van der Waals surface area contributed by atoms with Gasteiger partial charge in [-0.15, -0.1) is 0 Å². The van der Waals surface area contributed by atoms with Crippen LogP contribution < -0.4 is 0 Å². The summed E-state index contributed by atoms with van der Waals surface area (Å²) in [6, 6.07) is -0.551. The molecule has 1 rings (SSSR count). The SMILES string of the molecule is CC(C)(C)OC(=O)N1CCN(C(=O)O)C[C@H]1CO. The molecule has 1 atom stereocenters. The van der Waals surface area contributed by atoms with Crippen molar-refractivity contribution in [2.75, 3.05) is 26.2 Å². The highest BCUT2D eigenvalue weighted by atomic mass is 16.6. The van der Waals surface area contributed by atoms with E-state index < -0.39 is 23.8 Å². The summed E-state index contributed by atoms with van der Waals surface area (Å²) >= 11 is 0. The Kier molecular flexibility index (Phi) is 4.39. The van der Waals surface area contributed by atoms with E-state index in [9.17, 15) is 14.7 Å². The fourth-order valence-electron chi connectivity index (χ4n) is 1.75. The number of carbonyl (C=O) groups is 2. The van der Waals surface area contributed by atoms with Crippen molar-refractivity contribution in [3.63, 3.8) is 0 Å². The van der Waals surface area contributed by atoms with E-state index in [4.69, 9.17) is 9.84 Å². The molecule has 2 amide bonds. The van der Waals surface area contributed by atoms with Gasteiger partial charge in [-0.05, 0) is 20.8 Å². The Morgan fingerprint density at radius 3 is 2.39 bits per heavy atom. The zero-order valence-corrected chi connectivity index (χ0v) is 10.9. The highest BCUT2D eigenvalue weighted by molar-refractivity contribution is 5.70. The third-order valence-electron chi connectivity index (χ3n) is 2.59. The molecule has 1 aliphatic heterocycles. The van der Waals surface area contributed by atoms with Crippen LogP contribution in [0.3, 0.4) is 0 Å². The second kappa shape index (κ2) is 5.43.